The number of halogens is 2. The van der Waals surface area contributed by atoms with Crippen LogP contribution in [0.1, 0.15) is 24.6 Å². The van der Waals surface area contributed by atoms with E-state index in [1.807, 2.05) is 37.3 Å². The molecule has 1 aromatic heterocycles. The van der Waals surface area contributed by atoms with Gasteiger partial charge in [0.05, 0.1) is 0 Å². The summed E-state index contributed by atoms with van der Waals surface area (Å²) in [5.74, 6) is 0.00709. The second kappa shape index (κ2) is 7.56. The molecule has 33 heavy (non-hydrogen) atoms. The van der Waals surface area contributed by atoms with Crippen molar-refractivity contribution in [2.75, 3.05) is 7.05 Å². The molecule has 5 rings (SSSR count). The molecule has 168 valence electrons. The SMILES string of the molecule is CN1C(=O)[C@]2(C[C@@](C)(Cc3ccccn3)Oc3ccc(-c4cc(F)cc(Cl)c4)cc32)N=C1N. The minimum Gasteiger partial charge on any atom is -0.487 e. The van der Waals surface area contributed by atoms with Crippen molar-refractivity contribution >= 4 is 23.5 Å². The van der Waals surface area contributed by atoms with Crippen LogP contribution in [0.5, 0.6) is 5.75 Å². The standard InChI is InChI=1S/C25H22ClFN4O2/c1-24(13-19-5-3-4-8-29-19)14-25(22(32)31(2)23(28)30-25)20-11-15(6-7-21(20)33-24)16-9-17(26)12-18(27)10-16/h3-12H,13-14H2,1-2H3,(H2,28,30)/t24-,25-/m1/s1. The molecule has 0 bridgehead atoms. The highest BCUT2D eigenvalue weighted by molar-refractivity contribution is 6.30. The van der Waals surface area contributed by atoms with Gasteiger partial charge in [0.15, 0.2) is 11.5 Å². The third-order valence-electron chi connectivity index (χ3n) is 6.20. The zero-order valence-electron chi connectivity index (χ0n) is 18.2. The molecule has 0 unspecified atom stereocenters. The van der Waals surface area contributed by atoms with Gasteiger partial charge in [-0.05, 0) is 60.5 Å². The number of aromatic nitrogens is 1. The molecule has 0 radical (unpaired) electrons. The summed E-state index contributed by atoms with van der Waals surface area (Å²) < 4.78 is 20.5. The zero-order valence-corrected chi connectivity index (χ0v) is 18.9. The lowest BCUT2D eigenvalue weighted by atomic mass is 9.74. The Hall–Kier alpha value is -3.45. The summed E-state index contributed by atoms with van der Waals surface area (Å²) in [6.45, 7) is 1.95. The molecule has 6 nitrogen and oxygen atoms in total. The zero-order chi connectivity index (χ0) is 23.4. The van der Waals surface area contributed by atoms with Crippen LogP contribution < -0.4 is 10.5 Å². The summed E-state index contributed by atoms with van der Waals surface area (Å²) in [5.41, 5.74) is 6.83. The quantitative estimate of drug-likeness (QED) is 0.626. The Balaban J connectivity index is 1.65. The van der Waals surface area contributed by atoms with E-state index in [0.717, 1.165) is 5.69 Å². The first kappa shape index (κ1) is 21.4. The fraction of sp³-hybridized carbons (Fsp3) is 0.240. The van der Waals surface area contributed by atoms with Crippen molar-refractivity contribution in [2.24, 2.45) is 10.7 Å². The Morgan fingerprint density at radius 1 is 1.18 bits per heavy atom. The minimum absolute atomic E-state index is 0.146. The van der Waals surface area contributed by atoms with Crippen LogP contribution >= 0.6 is 11.6 Å². The van der Waals surface area contributed by atoms with Crippen LogP contribution in [0.25, 0.3) is 11.1 Å². The summed E-state index contributed by atoms with van der Waals surface area (Å²) in [5, 5.41) is 0.288. The van der Waals surface area contributed by atoms with E-state index in [-0.39, 0.29) is 23.3 Å². The van der Waals surface area contributed by atoms with Crippen molar-refractivity contribution < 1.29 is 13.9 Å². The van der Waals surface area contributed by atoms with Gasteiger partial charge in [-0.3, -0.25) is 14.7 Å². The molecule has 0 aliphatic carbocycles. The van der Waals surface area contributed by atoms with Crippen LogP contribution in [-0.4, -0.2) is 34.4 Å². The fourth-order valence-electron chi connectivity index (χ4n) is 4.76. The lowest BCUT2D eigenvalue weighted by Gasteiger charge is -2.43. The van der Waals surface area contributed by atoms with Crippen molar-refractivity contribution in [1.82, 2.24) is 9.88 Å². The summed E-state index contributed by atoms with van der Waals surface area (Å²) >= 11 is 6.07. The number of benzene rings is 2. The number of ether oxygens (including phenoxy) is 1. The van der Waals surface area contributed by atoms with Gasteiger partial charge in [0.25, 0.3) is 5.91 Å². The van der Waals surface area contributed by atoms with Crippen molar-refractivity contribution in [3.63, 3.8) is 0 Å². The monoisotopic (exact) mass is 464 g/mol. The van der Waals surface area contributed by atoms with Gasteiger partial charge in [0.1, 0.15) is 17.2 Å². The molecule has 0 saturated heterocycles. The lowest BCUT2D eigenvalue weighted by Crippen LogP contribution is -2.51. The van der Waals surface area contributed by atoms with Crippen molar-refractivity contribution in [1.29, 1.82) is 0 Å². The van der Waals surface area contributed by atoms with Gasteiger partial charge in [0, 0.05) is 42.4 Å². The van der Waals surface area contributed by atoms with Crippen LogP contribution in [0.4, 0.5) is 4.39 Å². The van der Waals surface area contributed by atoms with Crippen molar-refractivity contribution in [3.05, 3.63) is 82.9 Å². The number of likely N-dealkylation sites (N-methyl/N-ethyl adjacent to an activating group) is 1. The first-order valence-corrected chi connectivity index (χ1v) is 10.9. The number of pyridine rings is 1. The second-order valence-electron chi connectivity index (χ2n) is 8.79. The van der Waals surface area contributed by atoms with Gasteiger partial charge >= 0.3 is 0 Å². The molecule has 2 aliphatic heterocycles. The number of carbonyl (C=O) groups is 1. The van der Waals surface area contributed by atoms with E-state index in [0.29, 0.717) is 28.9 Å². The van der Waals surface area contributed by atoms with Crippen molar-refractivity contribution in [3.8, 4) is 16.9 Å². The normalized spacial score (nSPS) is 23.9. The summed E-state index contributed by atoms with van der Waals surface area (Å²) in [4.78, 5) is 24.0. The molecular weight excluding hydrogens is 443 g/mol. The van der Waals surface area contributed by atoms with E-state index < -0.39 is 17.0 Å². The topological polar surface area (TPSA) is 80.8 Å². The number of rotatable bonds is 3. The number of hydrogen-bond acceptors (Lipinski definition) is 5. The van der Waals surface area contributed by atoms with Gasteiger partial charge < -0.3 is 10.5 Å². The van der Waals surface area contributed by atoms with Crippen LogP contribution in [0.2, 0.25) is 5.02 Å². The van der Waals surface area contributed by atoms with E-state index in [9.17, 15) is 9.18 Å². The predicted molar refractivity (Wildman–Crippen MR) is 125 cm³/mol. The molecular formula is C25H22ClFN4O2. The van der Waals surface area contributed by atoms with E-state index in [1.165, 1.54) is 17.0 Å². The number of carbonyl (C=O) groups excluding carboxylic acids is 1. The average Bonchev–Trinajstić information content (AvgIpc) is 2.97. The minimum atomic E-state index is -1.25. The third kappa shape index (κ3) is 3.62. The molecule has 0 saturated carbocycles. The molecule has 2 atom stereocenters. The highest BCUT2D eigenvalue weighted by Gasteiger charge is 2.56. The number of amides is 1. The number of nitrogens with two attached hydrogens (primary N) is 1. The Morgan fingerprint density at radius 2 is 2.00 bits per heavy atom. The summed E-state index contributed by atoms with van der Waals surface area (Å²) in [6.07, 6.45) is 2.50. The van der Waals surface area contributed by atoms with E-state index in [4.69, 9.17) is 22.1 Å². The Morgan fingerprint density at radius 3 is 2.67 bits per heavy atom. The molecule has 1 spiro atoms. The molecule has 3 heterocycles. The average molecular weight is 465 g/mol. The summed E-state index contributed by atoms with van der Waals surface area (Å²) in [7, 11) is 1.61. The van der Waals surface area contributed by atoms with Crippen LogP contribution in [0.15, 0.2) is 65.8 Å². The number of hydrogen-bond donors (Lipinski definition) is 1. The molecule has 2 aromatic carbocycles. The molecule has 8 heteroatoms. The Kier molecular flexibility index (Phi) is 4.90. The van der Waals surface area contributed by atoms with Crippen LogP contribution in [0.3, 0.4) is 0 Å². The molecule has 2 N–H and O–H groups in total. The maximum absolute atomic E-state index is 14.0. The number of fused-ring (bicyclic) bond motifs is 2. The first-order chi connectivity index (χ1) is 15.7. The van der Waals surface area contributed by atoms with E-state index >= 15 is 0 Å². The third-order valence-corrected chi connectivity index (χ3v) is 6.41. The van der Waals surface area contributed by atoms with Gasteiger partial charge in [-0.15, -0.1) is 0 Å². The maximum Gasteiger partial charge on any atom is 0.261 e. The number of aliphatic imine (C=N–C) groups is 1. The lowest BCUT2D eigenvalue weighted by molar-refractivity contribution is -0.133. The fourth-order valence-corrected chi connectivity index (χ4v) is 4.98. The Bertz CT molecular complexity index is 1280. The van der Waals surface area contributed by atoms with Crippen LogP contribution in [0, 0.1) is 5.82 Å². The molecule has 1 amide bonds. The summed E-state index contributed by atoms with van der Waals surface area (Å²) in [6, 6.07) is 15.4. The smallest absolute Gasteiger partial charge is 0.261 e. The molecule has 2 aliphatic rings. The first-order valence-electron chi connectivity index (χ1n) is 10.5. The van der Waals surface area contributed by atoms with Crippen LogP contribution in [-0.2, 0) is 16.8 Å². The van der Waals surface area contributed by atoms with E-state index in [2.05, 4.69) is 9.98 Å². The maximum atomic E-state index is 14.0. The van der Waals surface area contributed by atoms with Gasteiger partial charge in [0.2, 0.25) is 0 Å². The highest BCUT2D eigenvalue weighted by Crippen LogP contribution is 2.50. The predicted octanol–water partition coefficient (Wildman–Crippen LogP) is 4.31. The second-order valence-corrected chi connectivity index (χ2v) is 9.23. The Labute approximate surface area is 195 Å². The molecule has 0 fully saturated rings. The number of guanidine groups is 1. The largest absolute Gasteiger partial charge is 0.487 e. The highest BCUT2D eigenvalue weighted by atomic mass is 35.5. The van der Waals surface area contributed by atoms with Crippen molar-refractivity contribution in [2.45, 2.75) is 30.9 Å². The van der Waals surface area contributed by atoms with Gasteiger partial charge in [-0.1, -0.05) is 23.7 Å². The van der Waals surface area contributed by atoms with Gasteiger partial charge in [-0.2, -0.15) is 0 Å². The molecule has 3 aromatic rings. The number of nitrogens with zero attached hydrogens (tertiary/aromatic N) is 3. The van der Waals surface area contributed by atoms with E-state index in [1.54, 1.807) is 25.4 Å². The van der Waals surface area contributed by atoms with Gasteiger partial charge in [-0.25, -0.2) is 9.38 Å².